The van der Waals surface area contributed by atoms with Gasteiger partial charge in [-0.2, -0.15) is 0 Å². The summed E-state index contributed by atoms with van der Waals surface area (Å²) in [4.78, 5) is 0. The average Bonchev–Trinajstić information content (AvgIpc) is 2.50. The van der Waals surface area contributed by atoms with E-state index in [9.17, 15) is 8.42 Å². The van der Waals surface area contributed by atoms with Gasteiger partial charge >= 0.3 is 0 Å². The van der Waals surface area contributed by atoms with Crippen LogP contribution in [0.4, 0.5) is 0 Å². The summed E-state index contributed by atoms with van der Waals surface area (Å²) >= 11 is 0. The van der Waals surface area contributed by atoms with E-state index in [4.69, 9.17) is 0 Å². The molecule has 3 nitrogen and oxygen atoms in total. The summed E-state index contributed by atoms with van der Waals surface area (Å²) in [5, 5.41) is 3.28. The van der Waals surface area contributed by atoms with Crippen LogP contribution in [0.3, 0.4) is 0 Å². The van der Waals surface area contributed by atoms with Gasteiger partial charge in [0.15, 0.2) is 0 Å². The van der Waals surface area contributed by atoms with Gasteiger partial charge in [-0.1, -0.05) is 0 Å². The number of sulfone groups is 1. The zero-order valence-corrected chi connectivity index (χ0v) is 9.94. The van der Waals surface area contributed by atoms with Crippen LogP contribution in [0.1, 0.15) is 32.1 Å². The number of nitrogens with one attached hydrogen (secondary N) is 1. The summed E-state index contributed by atoms with van der Waals surface area (Å²) in [5.74, 6) is 1.10. The number of hydrogen-bond donors (Lipinski definition) is 1. The van der Waals surface area contributed by atoms with Crippen molar-refractivity contribution in [1.29, 1.82) is 0 Å². The molecule has 0 saturated heterocycles. The van der Waals surface area contributed by atoms with Gasteiger partial charge in [0.2, 0.25) is 0 Å². The lowest BCUT2D eigenvalue weighted by Crippen LogP contribution is -2.21. The molecule has 0 radical (unpaired) electrons. The van der Waals surface area contributed by atoms with Gasteiger partial charge in [-0.15, -0.1) is 0 Å². The number of rotatable bonds is 5. The highest BCUT2D eigenvalue weighted by Crippen LogP contribution is 2.28. The van der Waals surface area contributed by atoms with E-state index in [1.807, 2.05) is 7.05 Å². The van der Waals surface area contributed by atoms with Gasteiger partial charge in [0.05, 0.1) is 0 Å². The fraction of sp³-hybridized carbons (Fsp3) is 1.00. The molecule has 0 aliphatic heterocycles. The molecular weight excluding hydrogens is 198 g/mol. The van der Waals surface area contributed by atoms with Crippen LogP contribution in [0.5, 0.6) is 0 Å². The fourth-order valence-corrected chi connectivity index (χ4v) is 2.92. The first-order chi connectivity index (χ1) is 6.51. The Hall–Kier alpha value is -0.0900. The molecule has 0 aromatic carbocycles. The van der Waals surface area contributed by atoms with E-state index < -0.39 is 9.84 Å². The van der Waals surface area contributed by atoms with Gasteiger partial charge in [-0.05, 0) is 45.1 Å². The SMILES string of the molecule is CNC1CCC(CCCS(C)(=O)=O)C1. The van der Waals surface area contributed by atoms with Gasteiger partial charge in [-0.25, -0.2) is 8.42 Å². The summed E-state index contributed by atoms with van der Waals surface area (Å²) in [5.41, 5.74) is 0. The smallest absolute Gasteiger partial charge is 0.147 e. The van der Waals surface area contributed by atoms with Crippen molar-refractivity contribution in [1.82, 2.24) is 5.32 Å². The van der Waals surface area contributed by atoms with Gasteiger partial charge < -0.3 is 5.32 Å². The Bertz CT molecular complexity index is 261. The Balaban J connectivity index is 2.15. The maximum atomic E-state index is 10.9. The molecule has 0 aromatic heterocycles. The molecule has 1 N–H and O–H groups in total. The van der Waals surface area contributed by atoms with Crippen LogP contribution in [-0.4, -0.2) is 33.5 Å². The van der Waals surface area contributed by atoms with Crippen molar-refractivity contribution in [3.8, 4) is 0 Å². The minimum Gasteiger partial charge on any atom is -0.317 e. The van der Waals surface area contributed by atoms with E-state index in [1.165, 1.54) is 25.5 Å². The molecule has 2 unspecified atom stereocenters. The highest BCUT2D eigenvalue weighted by atomic mass is 32.2. The second-order valence-electron chi connectivity index (χ2n) is 4.44. The largest absolute Gasteiger partial charge is 0.317 e. The van der Waals surface area contributed by atoms with Crippen molar-refractivity contribution < 1.29 is 8.42 Å². The third kappa shape index (κ3) is 4.42. The maximum absolute atomic E-state index is 10.9. The third-order valence-corrected chi connectivity index (χ3v) is 4.11. The lowest BCUT2D eigenvalue weighted by Gasteiger charge is -2.09. The molecule has 0 spiro atoms. The molecule has 0 aromatic rings. The molecule has 84 valence electrons. The minimum absolute atomic E-state index is 0.355. The van der Waals surface area contributed by atoms with Gasteiger partial charge in [0.1, 0.15) is 9.84 Å². The predicted molar refractivity (Wildman–Crippen MR) is 59.1 cm³/mol. The van der Waals surface area contributed by atoms with Gasteiger partial charge in [0, 0.05) is 18.1 Å². The number of hydrogen-bond acceptors (Lipinski definition) is 3. The van der Waals surface area contributed by atoms with Crippen LogP contribution in [0.2, 0.25) is 0 Å². The first-order valence-corrected chi connectivity index (χ1v) is 7.42. The molecule has 1 fully saturated rings. The Labute approximate surface area is 87.2 Å². The third-order valence-electron chi connectivity index (χ3n) is 3.08. The zero-order chi connectivity index (χ0) is 10.6. The second-order valence-corrected chi connectivity index (χ2v) is 6.70. The van der Waals surface area contributed by atoms with E-state index in [1.54, 1.807) is 0 Å². The van der Waals surface area contributed by atoms with Gasteiger partial charge in [0.25, 0.3) is 0 Å². The Kier molecular flexibility index (Phi) is 4.38. The predicted octanol–water partition coefficient (Wildman–Crippen LogP) is 1.20. The van der Waals surface area contributed by atoms with Crippen LogP contribution in [0, 0.1) is 5.92 Å². The zero-order valence-electron chi connectivity index (χ0n) is 9.12. The fourth-order valence-electron chi connectivity index (χ4n) is 2.23. The van der Waals surface area contributed by atoms with Crippen LogP contribution >= 0.6 is 0 Å². The van der Waals surface area contributed by atoms with Crippen molar-refractivity contribution in [3.63, 3.8) is 0 Å². The molecule has 4 heteroatoms. The molecular formula is C10H21NO2S. The van der Waals surface area contributed by atoms with Crippen molar-refractivity contribution in [2.45, 2.75) is 38.1 Å². The van der Waals surface area contributed by atoms with Crippen molar-refractivity contribution in [3.05, 3.63) is 0 Å². The molecule has 1 aliphatic rings. The van der Waals surface area contributed by atoms with E-state index >= 15 is 0 Å². The molecule has 1 rings (SSSR count). The van der Waals surface area contributed by atoms with E-state index in [2.05, 4.69) is 5.32 Å². The summed E-state index contributed by atoms with van der Waals surface area (Å²) in [6.07, 6.45) is 6.96. The standard InChI is InChI=1S/C10H21NO2S/c1-11-10-6-5-9(8-10)4-3-7-14(2,12)13/h9-11H,3-8H2,1-2H3. The average molecular weight is 219 g/mol. The molecule has 1 aliphatic carbocycles. The van der Waals surface area contributed by atoms with Crippen LogP contribution in [-0.2, 0) is 9.84 Å². The second kappa shape index (κ2) is 5.12. The summed E-state index contributed by atoms with van der Waals surface area (Å²) < 4.78 is 21.8. The maximum Gasteiger partial charge on any atom is 0.147 e. The Morgan fingerprint density at radius 3 is 2.57 bits per heavy atom. The molecule has 0 amide bonds. The van der Waals surface area contributed by atoms with Crippen molar-refractivity contribution in [2.24, 2.45) is 5.92 Å². The minimum atomic E-state index is -2.75. The van der Waals surface area contributed by atoms with Crippen LogP contribution in [0.25, 0.3) is 0 Å². The molecule has 2 atom stereocenters. The van der Waals surface area contributed by atoms with Gasteiger partial charge in [-0.3, -0.25) is 0 Å². The quantitative estimate of drug-likeness (QED) is 0.756. The molecule has 1 saturated carbocycles. The lowest BCUT2D eigenvalue weighted by atomic mass is 10.0. The van der Waals surface area contributed by atoms with Crippen molar-refractivity contribution >= 4 is 9.84 Å². The Morgan fingerprint density at radius 1 is 1.36 bits per heavy atom. The first-order valence-electron chi connectivity index (χ1n) is 5.36. The summed E-state index contributed by atoms with van der Waals surface area (Å²) in [6.45, 7) is 0. The van der Waals surface area contributed by atoms with Crippen LogP contribution in [0.15, 0.2) is 0 Å². The summed E-state index contributed by atoms with van der Waals surface area (Å²) in [6, 6.07) is 0.665. The molecule has 0 heterocycles. The highest BCUT2D eigenvalue weighted by Gasteiger charge is 2.22. The topological polar surface area (TPSA) is 46.2 Å². The monoisotopic (exact) mass is 219 g/mol. The Morgan fingerprint density at radius 2 is 2.07 bits per heavy atom. The van der Waals surface area contributed by atoms with Crippen LogP contribution < -0.4 is 5.32 Å². The molecule has 0 bridgehead atoms. The first kappa shape index (κ1) is 12.0. The van der Waals surface area contributed by atoms with E-state index in [0.717, 1.165) is 18.8 Å². The van der Waals surface area contributed by atoms with E-state index in [-0.39, 0.29) is 0 Å². The lowest BCUT2D eigenvalue weighted by molar-refractivity contribution is 0.473. The van der Waals surface area contributed by atoms with E-state index in [0.29, 0.717) is 11.8 Å². The highest BCUT2D eigenvalue weighted by molar-refractivity contribution is 7.90. The summed E-state index contributed by atoms with van der Waals surface area (Å²) in [7, 11) is -0.747. The molecule has 14 heavy (non-hydrogen) atoms. The van der Waals surface area contributed by atoms with Crippen molar-refractivity contribution in [2.75, 3.05) is 19.1 Å². The normalized spacial score (nSPS) is 28.1.